The zero-order chi connectivity index (χ0) is 20.0. The van der Waals surface area contributed by atoms with Crippen LogP contribution in [0.4, 0.5) is 5.95 Å². The SMILES string of the molecule is Cc1cccc2c(-c3cn(Cc4cccc(C5(O)COC5)n4)nn3)nc(N)nc12. The number of rotatable bonds is 4. The number of hydrogen-bond donors (Lipinski definition) is 2. The zero-order valence-electron chi connectivity index (χ0n) is 15.8. The number of nitrogens with two attached hydrogens (primary N) is 1. The molecule has 0 saturated carbocycles. The number of fused-ring (bicyclic) bond motifs is 1. The summed E-state index contributed by atoms with van der Waals surface area (Å²) >= 11 is 0. The van der Waals surface area contributed by atoms with Gasteiger partial charge in [0.25, 0.3) is 0 Å². The lowest BCUT2D eigenvalue weighted by molar-refractivity contribution is -0.186. The molecule has 1 saturated heterocycles. The average Bonchev–Trinajstić information content (AvgIpc) is 3.15. The van der Waals surface area contributed by atoms with E-state index in [1.165, 1.54) is 0 Å². The summed E-state index contributed by atoms with van der Waals surface area (Å²) in [5.74, 6) is 0.196. The van der Waals surface area contributed by atoms with Gasteiger partial charge in [-0.15, -0.1) is 5.10 Å². The highest BCUT2D eigenvalue weighted by Gasteiger charge is 2.39. The molecule has 4 heterocycles. The molecule has 4 aromatic rings. The van der Waals surface area contributed by atoms with Crippen molar-refractivity contribution in [3.8, 4) is 11.4 Å². The number of aryl methyl sites for hydroxylation is 1. The summed E-state index contributed by atoms with van der Waals surface area (Å²) in [5.41, 5.74) is 9.35. The van der Waals surface area contributed by atoms with Crippen LogP contribution >= 0.6 is 0 Å². The number of hydrogen-bond acceptors (Lipinski definition) is 8. The Balaban J connectivity index is 1.47. The lowest BCUT2D eigenvalue weighted by Crippen LogP contribution is -2.47. The first-order valence-electron chi connectivity index (χ1n) is 9.22. The van der Waals surface area contributed by atoms with Crippen molar-refractivity contribution in [2.45, 2.75) is 19.1 Å². The monoisotopic (exact) mass is 389 g/mol. The Hall–Kier alpha value is -3.43. The minimum Gasteiger partial charge on any atom is -0.379 e. The van der Waals surface area contributed by atoms with Gasteiger partial charge in [0.1, 0.15) is 11.4 Å². The molecule has 3 aromatic heterocycles. The molecule has 9 nitrogen and oxygen atoms in total. The number of aromatic nitrogens is 6. The Morgan fingerprint density at radius 2 is 1.97 bits per heavy atom. The number of nitrogens with zero attached hydrogens (tertiary/aromatic N) is 6. The van der Waals surface area contributed by atoms with Gasteiger partial charge in [-0.2, -0.15) is 0 Å². The molecule has 146 valence electrons. The first-order valence-corrected chi connectivity index (χ1v) is 9.22. The molecule has 0 radical (unpaired) electrons. The molecule has 3 N–H and O–H groups in total. The normalized spacial score (nSPS) is 15.4. The van der Waals surface area contributed by atoms with Gasteiger partial charge in [-0.3, -0.25) is 4.98 Å². The topological polar surface area (TPSA) is 125 Å². The van der Waals surface area contributed by atoms with Gasteiger partial charge in [-0.1, -0.05) is 29.5 Å². The van der Waals surface area contributed by atoms with Crippen LogP contribution in [-0.2, 0) is 16.9 Å². The molecule has 0 atom stereocenters. The number of benzene rings is 1. The summed E-state index contributed by atoms with van der Waals surface area (Å²) in [5, 5.41) is 19.8. The maximum atomic E-state index is 10.4. The lowest BCUT2D eigenvalue weighted by Gasteiger charge is -2.35. The second kappa shape index (κ2) is 6.57. The predicted octanol–water partition coefficient (Wildman–Crippen LogP) is 1.44. The van der Waals surface area contributed by atoms with E-state index < -0.39 is 5.60 Å². The van der Waals surface area contributed by atoms with Crippen molar-refractivity contribution in [3.63, 3.8) is 0 Å². The van der Waals surface area contributed by atoms with E-state index in [9.17, 15) is 5.11 Å². The van der Waals surface area contributed by atoms with Gasteiger partial charge in [0.05, 0.1) is 42.9 Å². The Bertz CT molecular complexity index is 1220. The predicted molar refractivity (Wildman–Crippen MR) is 106 cm³/mol. The van der Waals surface area contributed by atoms with Crippen molar-refractivity contribution in [2.75, 3.05) is 18.9 Å². The molecule has 0 aliphatic carbocycles. The van der Waals surface area contributed by atoms with Gasteiger partial charge in [-0.05, 0) is 24.6 Å². The van der Waals surface area contributed by atoms with Gasteiger partial charge in [0.2, 0.25) is 5.95 Å². The third-order valence-corrected chi connectivity index (χ3v) is 5.02. The van der Waals surface area contributed by atoms with E-state index in [1.807, 2.05) is 37.3 Å². The van der Waals surface area contributed by atoms with Crippen LogP contribution in [0.5, 0.6) is 0 Å². The van der Waals surface area contributed by atoms with Crippen LogP contribution in [0.3, 0.4) is 0 Å². The standard InChI is InChI=1S/C20H19N7O2/c1-12-4-2-6-14-17(12)23-19(21)24-18(14)15-9-27(26-25-15)8-13-5-3-7-16(22-13)20(28)10-29-11-20/h2-7,9,28H,8,10-11H2,1H3,(H2,21,23,24). The van der Waals surface area contributed by atoms with E-state index in [-0.39, 0.29) is 19.2 Å². The maximum absolute atomic E-state index is 10.4. The molecule has 1 aliphatic heterocycles. The molecule has 0 spiro atoms. The first kappa shape index (κ1) is 17.7. The third kappa shape index (κ3) is 3.10. The second-order valence-corrected chi connectivity index (χ2v) is 7.24. The minimum atomic E-state index is -1.00. The smallest absolute Gasteiger partial charge is 0.221 e. The molecule has 0 bridgehead atoms. The van der Waals surface area contributed by atoms with Gasteiger partial charge in [0.15, 0.2) is 5.60 Å². The van der Waals surface area contributed by atoms with E-state index in [1.54, 1.807) is 16.9 Å². The van der Waals surface area contributed by atoms with E-state index in [4.69, 9.17) is 10.5 Å². The van der Waals surface area contributed by atoms with E-state index in [0.29, 0.717) is 23.6 Å². The summed E-state index contributed by atoms with van der Waals surface area (Å²) in [7, 11) is 0. The van der Waals surface area contributed by atoms with Crippen LogP contribution in [0.25, 0.3) is 22.3 Å². The number of pyridine rings is 1. The molecule has 9 heteroatoms. The first-order chi connectivity index (χ1) is 14.0. The largest absolute Gasteiger partial charge is 0.379 e. The van der Waals surface area contributed by atoms with Crippen LogP contribution in [0, 0.1) is 6.92 Å². The number of para-hydroxylation sites is 1. The van der Waals surface area contributed by atoms with E-state index in [0.717, 1.165) is 22.2 Å². The zero-order valence-corrected chi connectivity index (χ0v) is 15.8. The molecule has 1 aliphatic rings. The fourth-order valence-electron chi connectivity index (χ4n) is 3.43. The molecule has 0 unspecified atom stereocenters. The maximum Gasteiger partial charge on any atom is 0.221 e. The molecule has 0 amide bonds. The van der Waals surface area contributed by atoms with E-state index >= 15 is 0 Å². The number of ether oxygens (including phenoxy) is 1. The van der Waals surface area contributed by atoms with Crippen LogP contribution in [0.2, 0.25) is 0 Å². The van der Waals surface area contributed by atoms with Gasteiger partial charge in [-0.25, -0.2) is 14.6 Å². The van der Waals surface area contributed by atoms with Crippen molar-refractivity contribution < 1.29 is 9.84 Å². The Labute approximate surface area is 166 Å². The van der Waals surface area contributed by atoms with Crippen LogP contribution in [0.15, 0.2) is 42.6 Å². The highest BCUT2D eigenvalue weighted by atomic mass is 16.5. The highest BCUT2D eigenvalue weighted by molar-refractivity contribution is 5.93. The van der Waals surface area contributed by atoms with Gasteiger partial charge in [0, 0.05) is 5.39 Å². The summed E-state index contributed by atoms with van der Waals surface area (Å²) in [4.78, 5) is 13.3. The van der Waals surface area contributed by atoms with Crippen LogP contribution < -0.4 is 5.73 Å². The van der Waals surface area contributed by atoms with E-state index in [2.05, 4.69) is 25.3 Å². The molecule has 1 fully saturated rings. The molecule has 29 heavy (non-hydrogen) atoms. The summed E-state index contributed by atoms with van der Waals surface area (Å²) in [6, 6.07) is 11.4. The minimum absolute atomic E-state index is 0.196. The number of nitrogen functional groups attached to an aromatic ring is 1. The third-order valence-electron chi connectivity index (χ3n) is 5.02. The molecule has 1 aromatic carbocycles. The number of anilines is 1. The Morgan fingerprint density at radius 3 is 2.76 bits per heavy atom. The quantitative estimate of drug-likeness (QED) is 0.537. The summed E-state index contributed by atoms with van der Waals surface area (Å²) < 4.78 is 6.80. The lowest BCUT2D eigenvalue weighted by atomic mass is 9.97. The van der Waals surface area contributed by atoms with Crippen LogP contribution in [-0.4, -0.2) is 48.3 Å². The van der Waals surface area contributed by atoms with Gasteiger partial charge >= 0.3 is 0 Å². The fourth-order valence-corrected chi connectivity index (χ4v) is 3.43. The van der Waals surface area contributed by atoms with Crippen molar-refractivity contribution in [3.05, 3.63) is 59.5 Å². The van der Waals surface area contributed by atoms with Crippen molar-refractivity contribution in [1.82, 2.24) is 29.9 Å². The number of aliphatic hydroxyl groups is 1. The van der Waals surface area contributed by atoms with Crippen molar-refractivity contribution >= 4 is 16.9 Å². The fraction of sp³-hybridized carbons (Fsp3) is 0.250. The second-order valence-electron chi connectivity index (χ2n) is 7.24. The van der Waals surface area contributed by atoms with Gasteiger partial charge < -0.3 is 15.6 Å². The molecular formula is C20H19N7O2. The summed E-state index contributed by atoms with van der Waals surface area (Å²) in [6.07, 6.45) is 1.80. The van der Waals surface area contributed by atoms with Crippen molar-refractivity contribution in [2.24, 2.45) is 0 Å². The highest BCUT2D eigenvalue weighted by Crippen LogP contribution is 2.28. The van der Waals surface area contributed by atoms with Crippen molar-refractivity contribution in [1.29, 1.82) is 0 Å². The summed E-state index contributed by atoms with van der Waals surface area (Å²) in [6.45, 7) is 2.92. The average molecular weight is 389 g/mol. The Morgan fingerprint density at radius 1 is 1.14 bits per heavy atom. The molecular weight excluding hydrogens is 370 g/mol. The Kier molecular flexibility index (Phi) is 4.00. The van der Waals surface area contributed by atoms with Crippen LogP contribution in [0.1, 0.15) is 17.0 Å². The molecule has 5 rings (SSSR count).